The standard InChI is InChI=1S/C18H20N2O2/c1-14-7-9-15(10-8-14)13-19-20-18(22)12-11-17(21)16-5-3-2-4-6-16/h2-10,13,17,21H,11-12H2,1H3,(H,20,22)/b19-13-/t17-/m1/s1. The zero-order chi connectivity index (χ0) is 15.8. The molecule has 0 saturated heterocycles. The maximum atomic E-state index is 11.7. The number of benzene rings is 2. The summed E-state index contributed by atoms with van der Waals surface area (Å²) in [5.41, 5.74) is 5.39. The maximum Gasteiger partial charge on any atom is 0.240 e. The number of hydrazone groups is 1. The summed E-state index contributed by atoms with van der Waals surface area (Å²) >= 11 is 0. The largest absolute Gasteiger partial charge is 0.388 e. The molecule has 0 aliphatic carbocycles. The summed E-state index contributed by atoms with van der Waals surface area (Å²) in [4.78, 5) is 11.7. The van der Waals surface area contributed by atoms with Gasteiger partial charge in [0.2, 0.25) is 5.91 Å². The molecule has 2 N–H and O–H groups in total. The minimum atomic E-state index is -0.631. The molecule has 0 spiro atoms. The Morgan fingerprint density at radius 3 is 2.55 bits per heavy atom. The SMILES string of the molecule is Cc1ccc(/C=N\NC(=O)CC[C@@H](O)c2ccccc2)cc1. The van der Waals surface area contributed by atoms with Crippen molar-refractivity contribution in [1.29, 1.82) is 0 Å². The molecule has 2 rings (SSSR count). The lowest BCUT2D eigenvalue weighted by Crippen LogP contribution is -2.18. The summed E-state index contributed by atoms with van der Waals surface area (Å²) in [6, 6.07) is 17.2. The van der Waals surface area contributed by atoms with E-state index < -0.39 is 6.10 Å². The summed E-state index contributed by atoms with van der Waals surface area (Å²) in [6.07, 6.45) is 1.57. The number of nitrogens with zero attached hydrogens (tertiary/aromatic N) is 1. The van der Waals surface area contributed by atoms with Crippen LogP contribution in [0.15, 0.2) is 59.7 Å². The van der Waals surface area contributed by atoms with Crippen LogP contribution < -0.4 is 5.43 Å². The highest BCUT2D eigenvalue weighted by molar-refractivity contribution is 5.82. The topological polar surface area (TPSA) is 61.7 Å². The number of carbonyl (C=O) groups excluding carboxylic acids is 1. The number of aliphatic hydroxyl groups excluding tert-OH is 1. The summed E-state index contributed by atoms with van der Waals surface area (Å²) < 4.78 is 0. The minimum Gasteiger partial charge on any atom is -0.388 e. The Balaban J connectivity index is 1.75. The first-order chi connectivity index (χ1) is 10.6. The van der Waals surface area contributed by atoms with Gasteiger partial charge in [0, 0.05) is 6.42 Å². The normalized spacial score (nSPS) is 12.3. The fourth-order valence-electron chi connectivity index (χ4n) is 2.00. The molecule has 0 radical (unpaired) electrons. The van der Waals surface area contributed by atoms with Crippen molar-refractivity contribution in [2.45, 2.75) is 25.9 Å². The number of rotatable bonds is 6. The first-order valence-corrected chi connectivity index (χ1v) is 7.27. The molecule has 2 aromatic carbocycles. The molecule has 1 amide bonds. The van der Waals surface area contributed by atoms with Crippen LogP contribution in [-0.2, 0) is 4.79 Å². The molecule has 0 aromatic heterocycles. The molecule has 0 fully saturated rings. The van der Waals surface area contributed by atoms with E-state index in [0.717, 1.165) is 11.1 Å². The number of nitrogens with one attached hydrogen (secondary N) is 1. The molecule has 0 heterocycles. The Kier molecular flexibility index (Phi) is 5.86. The second-order valence-electron chi connectivity index (χ2n) is 5.17. The van der Waals surface area contributed by atoms with Gasteiger partial charge in [-0.1, -0.05) is 60.2 Å². The molecular formula is C18H20N2O2. The van der Waals surface area contributed by atoms with Gasteiger partial charge in [0.25, 0.3) is 0 Å². The molecular weight excluding hydrogens is 276 g/mol. The van der Waals surface area contributed by atoms with Crippen LogP contribution in [0, 0.1) is 6.92 Å². The molecule has 0 unspecified atom stereocenters. The van der Waals surface area contributed by atoms with Crippen LogP contribution >= 0.6 is 0 Å². The van der Waals surface area contributed by atoms with Gasteiger partial charge in [-0.25, -0.2) is 5.43 Å². The van der Waals surface area contributed by atoms with Crippen LogP contribution in [0.25, 0.3) is 0 Å². The van der Waals surface area contributed by atoms with Gasteiger partial charge in [-0.3, -0.25) is 4.79 Å². The molecule has 4 heteroatoms. The number of aryl methyl sites for hydroxylation is 1. The fraction of sp³-hybridized carbons (Fsp3) is 0.222. The zero-order valence-electron chi connectivity index (χ0n) is 12.6. The van der Waals surface area contributed by atoms with Crippen molar-refractivity contribution >= 4 is 12.1 Å². The third-order valence-corrected chi connectivity index (χ3v) is 3.31. The summed E-state index contributed by atoms with van der Waals surface area (Å²) in [6.45, 7) is 2.01. The highest BCUT2D eigenvalue weighted by atomic mass is 16.3. The fourth-order valence-corrected chi connectivity index (χ4v) is 2.00. The zero-order valence-corrected chi connectivity index (χ0v) is 12.6. The lowest BCUT2D eigenvalue weighted by atomic mass is 10.1. The second kappa shape index (κ2) is 8.10. The first kappa shape index (κ1) is 15.9. The Morgan fingerprint density at radius 2 is 1.86 bits per heavy atom. The van der Waals surface area contributed by atoms with Crippen LogP contribution in [0.2, 0.25) is 0 Å². The minimum absolute atomic E-state index is 0.210. The summed E-state index contributed by atoms with van der Waals surface area (Å²) in [5.74, 6) is -0.210. The second-order valence-corrected chi connectivity index (χ2v) is 5.17. The van der Waals surface area contributed by atoms with Crippen molar-refractivity contribution in [2.24, 2.45) is 5.10 Å². The lowest BCUT2D eigenvalue weighted by Gasteiger charge is -2.09. The number of hydrogen-bond acceptors (Lipinski definition) is 3. The summed E-state index contributed by atoms with van der Waals surface area (Å²) in [7, 11) is 0. The molecule has 1 atom stereocenters. The molecule has 0 aliphatic rings. The van der Waals surface area contributed by atoms with Crippen molar-refractivity contribution in [2.75, 3.05) is 0 Å². The monoisotopic (exact) mass is 296 g/mol. The van der Waals surface area contributed by atoms with Crippen LogP contribution in [0.4, 0.5) is 0 Å². The van der Waals surface area contributed by atoms with Gasteiger partial charge < -0.3 is 5.11 Å². The average Bonchev–Trinajstić information content (AvgIpc) is 2.55. The third-order valence-electron chi connectivity index (χ3n) is 3.31. The van der Waals surface area contributed by atoms with Crippen molar-refractivity contribution < 1.29 is 9.90 Å². The number of amides is 1. The Labute approximate surface area is 130 Å². The molecule has 22 heavy (non-hydrogen) atoms. The number of aliphatic hydroxyl groups is 1. The third kappa shape index (κ3) is 5.14. The van der Waals surface area contributed by atoms with Crippen molar-refractivity contribution in [1.82, 2.24) is 5.43 Å². The van der Waals surface area contributed by atoms with E-state index in [1.165, 1.54) is 5.56 Å². The van der Waals surface area contributed by atoms with Crippen molar-refractivity contribution in [3.63, 3.8) is 0 Å². The van der Waals surface area contributed by atoms with Gasteiger partial charge in [0.1, 0.15) is 0 Å². The van der Waals surface area contributed by atoms with E-state index in [9.17, 15) is 9.90 Å². The van der Waals surface area contributed by atoms with E-state index in [1.807, 2.05) is 61.5 Å². The Hall–Kier alpha value is -2.46. The van der Waals surface area contributed by atoms with Crippen LogP contribution in [0.3, 0.4) is 0 Å². The van der Waals surface area contributed by atoms with E-state index >= 15 is 0 Å². The van der Waals surface area contributed by atoms with E-state index in [-0.39, 0.29) is 12.3 Å². The molecule has 114 valence electrons. The van der Waals surface area contributed by atoms with Crippen molar-refractivity contribution in [3.8, 4) is 0 Å². The predicted molar refractivity (Wildman–Crippen MR) is 87.6 cm³/mol. The van der Waals surface area contributed by atoms with Gasteiger partial charge in [0.05, 0.1) is 12.3 Å². The van der Waals surface area contributed by atoms with Crippen LogP contribution in [0.5, 0.6) is 0 Å². The van der Waals surface area contributed by atoms with Gasteiger partial charge in [-0.2, -0.15) is 5.10 Å². The van der Waals surface area contributed by atoms with Gasteiger partial charge in [-0.05, 0) is 24.5 Å². The molecule has 0 aliphatic heterocycles. The number of carbonyl (C=O) groups is 1. The van der Waals surface area contributed by atoms with Gasteiger partial charge in [0.15, 0.2) is 0 Å². The Morgan fingerprint density at radius 1 is 1.18 bits per heavy atom. The van der Waals surface area contributed by atoms with Gasteiger partial charge in [-0.15, -0.1) is 0 Å². The van der Waals surface area contributed by atoms with E-state index in [2.05, 4.69) is 10.5 Å². The predicted octanol–water partition coefficient (Wildman–Crippen LogP) is 2.96. The van der Waals surface area contributed by atoms with Crippen molar-refractivity contribution in [3.05, 3.63) is 71.3 Å². The first-order valence-electron chi connectivity index (χ1n) is 7.27. The lowest BCUT2D eigenvalue weighted by molar-refractivity contribution is -0.121. The maximum absolute atomic E-state index is 11.7. The highest BCUT2D eigenvalue weighted by Crippen LogP contribution is 2.17. The number of hydrogen-bond donors (Lipinski definition) is 2. The molecule has 0 saturated carbocycles. The van der Waals surface area contributed by atoms with Crippen LogP contribution in [-0.4, -0.2) is 17.2 Å². The van der Waals surface area contributed by atoms with E-state index in [0.29, 0.717) is 6.42 Å². The average molecular weight is 296 g/mol. The molecule has 2 aromatic rings. The quantitative estimate of drug-likeness (QED) is 0.636. The summed E-state index contributed by atoms with van der Waals surface area (Å²) in [5, 5.41) is 13.9. The van der Waals surface area contributed by atoms with E-state index in [4.69, 9.17) is 0 Å². The van der Waals surface area contributed by atoms with Gasteiger partial charge >= 0.3 is 0 Å². The van der Waals surface area contributed by atoms with E-state index in [1.54, 1.807) is 6.21 Å². The molecule has 4 nitrogen and oxygen atoms in total. The Bertz CT molecular complexity index is 621. The smallest absolute Gasteiger partial charge is 0.240 e. The van der Waals surface area contributed by atoms with Crippen LogP contribution in [0.1, 0.15) is 35.6 Å². The molecule has 0 bridgehead atoms. The highest BCUT2D eigenvalue weighted by Gasteiger charge is 2.09.